The van der Waals surface area contributed by atoms with Gasteiger partial charge in [-0.2, -0.15) is 0 Å². The molecular formula is C27H34N2. The highest BCUT2D eigenvalue weighted by molar-refractivity contribution is 5.32. The van der Waals surface area contributed by atoms with Gasteiger partial charge < -0.3 is 10.6 Å². The zero-order chi connectivity index (χ0) is 20.2. The minimum Gasteiger partial charge on any atom is -0.317 e. The lowest BCUT2D eigenvalue weighted by Crippen LogP contribution is -2.31. The van der Waals surface area contributed by atoms with Crippen molar-refractivity contribution in [3.63, 3.8) is 0 Å². The fraction of sp³-hybridized carbons (Fsp3) is 0.333. The third-order valence-electron chi connectivity index (χ3n) is 5.42. The zero-order valence-corrected chi connectivity index (χ0v) is 17.6. The molecule has 2 nitrogen and oxygen atoms in total. The van der Waals surface area contributed by atoms with Gasteiger partial charge in [-0.25, -0.2) is 0 Å². The molecule has 0 bridgehead atoms. The topological polar surface area (TPSA) is 24.1 Å². The second-order valence-electron chi connectivity index (χ2n) is 7.81. The molecule has 0 aliphatic rings. The Hall–Kier alpha value is -2.42. The van der Waals surface area contributed by atoms with Crippen LogP contribution >= 0.6 is 0 Å². The smallest absolute Gasteiger partial charge is 0.0101 e. The maximum atomic E-state index is 3.64. The van der Waals surface area contributed by atoms with Gasteiger partial charge in [-0.15, -0.1) is 0 Å². The third-order valence-corrected chi connectivity index (χ3v) is 5.42. The fourth-order valence-corrected chi connectivity index (χ4v) is 3.87. The average molecular weight is 387 g/mol. The van der Waals surface area contributed by atoms with E-state index < -0.39 is 0 Å². The molecule has 0 radical (unpaired) electrons. The molecule has 0 saturated carbocycles. The summed E-state index contributed by atoms with van der Waals surface area (Å²) in [6, 6.07) is 33.0. The first-order valence-electron chi connectivity index (χ1n) is 10.9. The Kier molecular flexibility index (Phi) is 8.96. The van der Waals surface area contributed by atoms with Crippen molar-refractivity contribution in [2.24, 2.45) is 0 Å². The summed E-state index contributed by atoms with van der Waals surface area (Å²) in [5.74, 6) is 0.453. The molecule has 0 amide bonds. The van der Waals surface area contributed by atoms with Crippen LogP contribution in [0.5, 0.6) is 0 Å². The molecule has 1 atom stereocenters. The van der Waals surface area contributed by atoms with Crippen LogP contribution < -0.4 is 10.6 Å². The Balaban J connectivity index is 1.35. The summed E-state index contributed by atoms with van der Waals surface area (Å²) in [5.41, 5.74) is 4.20. The molecule has 2 heteroatoms. The second-order valence-corrected chi connectivity index (χ2v) is 7.81. The molecule has 0 spiro atoms. The van der Waals surface area contributed by atoms with Crippen LogP contribution in [-0.4, -0.2) is 25.7 Å². The van der Waals surface area contributed by atoms with E-state index in [-0.39, 0.29) is 0 Å². The minimum absolute atomic E-state index is 0.453. The van der Waals surface area contributed by atoms with E-state index in [1.54, 1.807) is 0 Å². The van der Waals surface area contributed by atoms with Crippen LogP contribution in [0.25, 0.3) is 0 Å². The predicted octanol–water partition coefficient (Wildman–Crippen LogP) is 5.41. The van der Waals surface area contributed by atoms with E-state index in [0.717, 1.165) is 38.9 Å². The average Bonchev–Trinajstić information content (AvgIpc) is 2.77. The lowest BCUT2D eigenvalue weighted by Gasteiger charge is -2.19. The summed E-state index contributed by atoms with van der Waals surface area (Å²) in [6.45, 7) is 5.42. The summed E-state index contributed by atoms with van der Waals surface area (Å²) in [6.07, 6.45) is 3.36. The predicted molar refractivity (Wildman–Crippen MR) is 124 cm³/mol. The second kappa shape index (κ2) is 12.2. The standard InChI is InChI=1S/C27H34N2/c1-23(22-24-12-5-2-6-13-24)29-20-11-19-28-21-18-27(25-14-7-3-8-15-25)26-16-9-4-10-17-26/h2-10,12-17,23,27-29H,11,18-22H2,1H3. The number of benzene rings is 3. The largest absolute Gasteiger partial charge is 0.317 e. The zero-order valence-electron chi connectivity index (χ0n) is 17.6. The van der Waals surface area contributed by atoms with Gasteiger partial charge in [0.15, 0.2) is 0 Å². The van der Waals surface area contributed by atoms with Crippen LogP contribution in [0.15, 0.2) is 91.0 Å². The monoisotopic (exact) mass is 386 g/mol. The van der Waals surface area contributed by atoms with Gasteiger partial charge in [-0.3, -0.25) is 0 Å². The maximum absolute atomic E-state index is 3.64. The molecule has 0 saturated heterocycles. The normalized spacial score (nSPS) is 12.2. The highest BCUT2D eigenvalue weighted by Gasteiger charge is 2.13. The molecule has 0 fully saturated rings. The van der Waals surface area contributed by atoms with Crippen molar-refractivity contribution in [2.75, 3.05) is 19.6 Å². The van der Waals surface area contributed by atoms with E-state index >= 15 is 0 Å². The summed E-state index contributed by atoms with van der Waals surface area (Å²) >= 11 is 0. The molecule has 0 aliphatic carbocycles. The highest BCUT2D eigenvalue weighted by atomic mass is 14.9. The Bertz CT molecular complexity index is 747. The summed E-state index contributed by atoms with van der Waals surface area (Å²) < 4.78 is 0. The molecular weight excluding hydrogens is 352 g/mol. The van der Waals surface area contributed by atoms with Crippen LogP contribution in [-0.2, 0) is 6.42 Å². The Morgan fingerprint density at radius 1 is 0.655 bits per heavy atom. The number of rotatable bonds is 12. The maximum Gasteiger partial charge on any atom is 0.0101 e. The summed E-state index contributed by atoms with van der Waals surface area (Å²) in [4.78, 5) is 0. The Morgan fingerprint density at radius 2 is 1.21 bits per heavy atom. The van der Waals surface area contributed by atoms with E-state index in [9.17, 15) is 0 Å². The molecule has 3 aromatic carbocycles. The first kappa shape index (κ1) is 21.3. The van der Waals surface area contributed by atoms with Gasteiger partial charge >= 0.3 is 0 Å². The van der Waals surface area contributed by atoms with Gasteiger partial charge in [0.25, 0.3) is 0 Å². The molecule has 0 aromatic heterocycles. The molecule has 1 unspecified atom stereocenters. The summed E-state index contributed by atoms with van der Waals surface area (Å²) in [5, 5.41) is 7.28. The van der Waals surface area contributed by atoms with E-state index in [2.05, 4.69) is 109 Å². The van der Waals surface area contributed by atoms with Crippen molar-refractivity contribution in [2.45, 2.75) is 38.1 Å². The Morgan fingerprint density at radius 3 is 1.79 bits per heavy atom. The van der Waals surface area contributed by atoms with Crippen molar-refractivity contribution >= 4 is 0 Å². The van der Waals surface area contributed by atoms with Gasteiger partial charge in [0, 0.05) is 12.0 Å². The molecule has 3 aromatic rings. The number of hydrogen-bond donors (Lipinski definition) is 2. The van der Waals surface area contributed by atoms with Crippen LogP contribution in [0.2, 0.25) is 0 Å². The lowest BCUT2D eigenvalue weighted by atomic mass is 9.88. The molecule has 3 rings (SSSR count). The van der Waals surface area contributed by atoms with Crippen LogP contribution in [0.3, 0.4) is 0 Å². The van der Waals surface area contributed by atoms with E-state index in [1.807, 2.05) is 0 Å². The number of hydrogen-bond acceptors (Lipinski definition) is 2. The van der Waals surface area contributed by atoms with Crippen molar-refractivity contribution in [3.05, 3.63) is 108 Å². The van der Waals surface area contributed by atoms with Gasteiger partial charge in [-0.05, 0) is 62.5 Å². The molecule has 2 N–H and O–H groups in total. The van der Waals surface area contributed by atoms with Crippen LogP contribution in [0.4, 0.5) is 0 Å². The number of nitrogens with one attached hydrogen (secondary N) is 2. The van der Waals surface area contributed by atoms with E-state index in [1.165, 1.54) is 16.7 Å². The third kappa shape index (κ3) is 7.49. The quantitative estimate of drug-likeness (QED) is 0.407. The van der Waals surface area contributed by atoms with Crippen molar-refractivity contribution in [1.82, 2.24) is 10.6 Å². The SMILES string of the molecule is CC(Cc1ccccc1)NCCCNCCC(c1ccccc1)c1ccccc1. The molecule has 0 heterocycles. The first-order chi connectivity index (χ1) is 14.3. The first-order valence-corrected chi connectivity index (χ1v) is 10.9. The van der Waals surface area contributed by atoms with Gasteiger partial charge in [0.1, 0.15) is 0 Å². The molecule has 29 heavy (non-hydrogen) atoms. The lowest BCUT2D eigenvalue weighted by molar-refractivity contribution is 0.515. The van der Waals surface area contributed by atoms with Gasteiger partial charge in [0.05, 0.1) is 0 Å². The van der Waals surface area contributed by atoms with E-state index in [4.69, 9.17) is 0 Å². The van der Waals surface area contributed by atoms with Crippen molar-refractivity contribution in [1.29, 1.82) is 0 Å². The minimum atomic E-state index is 0.453. The van der Waals surface area contributed by atoms with Crippen LogP contribution in [0, 0.1) is 0 Å². The van der Waals surface area contributed by atoms with Crippen LogP contribution in [0.1, 0.15) is 42.4 Å². The van der Waals surface area contributed by atoms with E-state index in [0.29, 0.717) is 12.0 Å². The fourth-order valence-electron chi connectivity index (χ4n) is 3.87. The van der Waals surface area contributed by atoms with Crippen molar-refractivity contribution in [3.8, 4) is 0 Å². The van der Waals surface area contributed by atoms with Crippen molar-refractivity contribution < 1.29 is 0 Å². The van der Waals surface area contributed by atoms with Gasteiger partial charge in [0.2, 0.25) is 0 Å². The molecule has 152 valence electrons. The van der Waals surface area contributed by atoms with Gasteiger partial charge in [-0.1, -0.05) is 91.0 Å². The highest BCUT2D eigenvalue weighted by Crippen LogP contribution is 2.27. The Labute approximate surface area is 176 Å². The molecule has 0 aliphatic heterocycles. The summed E-state index contributed by atoms with van der Waals surface area (Å²) in [7, 11) is 0.